The molecule has 3 heterocycles. The van der Waals surface area contributed by atoms with E-state index in [9.17, 15) is 14.7 Å². The predicted octanol–water partition coefficient (Wildman–Crippen LogP) is 3.83. The van der Waals surface area contributed by atoms with E-state index >= 15 is 0 Å². The first-order valence-corrected chi connectivity index (χ1v) is 10.2. The summed E-state index contributed by atoms with van der Waals surface area (Å²) in [5.41, 5.74) is 1.22. The first-order valence-electron chi connectivity index (χ1n) is 9.86. The molecule has 0 saturated heterocycles. The van der Waals surface area contributed by atoms with Gasteiger partial charge in [-0.2, -0.15) is 0 Å². The van der Waals surface area contributed by atoms with E-state index in [1.807, 2.05) is 0 Å². The number of carboxylic acids is 1. The van der Waals surface area contributed by atoms with Crippen LogP contribution >= 0.6 is 11.6 Å². The molecule has 3 aromatic rings. The average molecular weight is 461 g/mol. The fourth-order valence-electron chi connectivity index (χ4n) is 3.67. The van der Waals surface area contributed by atoms with Crippen molar-refractivity contribution in [1.82, 2.24) is 9.72 Å². The number of carbonyl (C=O) groups is 1. The van der Waals surface area contributed by atoms with Crippen molar-refractivity contribution in [3.05, 3.63) is 62.2 Å². The highest BCUT2D eigenvalue weighted by atomic mass is 35.5. The Hall–Kier alpha value is -3.30. The van der Waals surface area contributed by atoms with Crippen LogP contribution in [0.5, 0.6) is 11.5 Å². The molecule has 1 N–H and O–H groups in total. The number of carboxylic acid groups (broad SMARTS) is 1. The third-order valence-electron chi connectivity index (χ3n) is 5.20. The number of aryl methyl sites for hydroxylation is 2. The molecular weight excluding hydrogens is 440 g/mol. The monoisotopic (exact) mass is 460 g/mol. The summed E-state index contributed by atoms with van der Waals surface area (Å²) >= 11 is 6.43. The number of nitrogens with zero attached hydrogens (tertiary/aromatic N) is 2. The van der Waals surface area contributed by atoms with Gasteiger partial charge >= 0.3 is 5.97 Å². The summed E-state index contributed by atoms with van der Waals surface area (Å²) in [5, 5.41) is 13.8. The number of aromatic nitrogens is 2. The molecule has 1 aliphatic heterocycles. The Labute approximate surface area is 188 Å². The fourth-order valence-corrected chi connectivity index (χ4v) is 3.88. The van der Waals surface area contributed by atoms with Crippen LogP contribution in [0.1, 0.15) is 40.0 Å². The summed E-state index contributed by atoms with van der Waals surface area (Å²) in [6, 6.07) is 4.57. The lowest BCUT2D eigenvalue weighted by Crippen LogP contribution is -2.28. The highest BCUT2D eigenvalue weighted by Gasteiger charge is 2.33. The van der Waals surface area contributed by atoms with Gasteiger partial charge in [-0.1, -0.05) is 16.8 Å². The number of fused-ring (bicyclic) bond motifs is 3. The number of halogens is 1. The molecule has 0 saturated carbocycles. The van der Waals surface area contributed by atoms with Crippen LogP contribution in [0.15, 0.2) is 33.7 Å². The average Bonchev–Trinajstić information content (AvgIpc) is 3.08. The molecule has 1 unspecified atom stereocenters. The van der Waals surface area contributed by atoms with E-state index in [1.165, 1.54) is 12.3 Å². The lowest BCUT2D eigenvalue weighted by Gasteiger charge is -2.31. The molecule has 32 heavy (non-hydrogen) atoms. The van der Waals surface area contributed by atoms with E-state index in [1.54, 1.807) is 37.7 Å². The third kappa shape index (κ3) is 3.85. The van der Waals surface area contributed by atoms with Crippen LogP contribution in [0.4, 0.5) is 0 Å². The van der Waals surface area contributed by atoms with Crippen molar-refractivity contribution in [3.8, 4) is 22.8 Å². The molecule has 0 aliphatic carbocycles. The van der Waals surface area contributed by atoms with Gasteiger partial charge in [0.2, 0.25) is 6.23 Å². The molecule has 0 bridgehead atoms. The van der Waals surface area contributed by atoms with Crippen molar-refractivity contribution in [2.24, 2.45) is 0 Å². The number of hydrogen-bond donors (Lipinski definition) is 1. The summed E-state index contributed by atoms with van der Waals surface area (Å²) in [6.45, 7) is 4.45. The quantitative estimate of drug-likeness (QED) is 0.529. The van der Waals surface area contributed by atoms with Crippen LogP contribution in [0.25, 0.3) is 11.3 Å². The molecule has 0 amide bonds. The van der Waals surface area contributed by atoms with E-state index in [0.717, 1.165) is 0 Å². The number of ether oxygens (including phenoxy) is 3. The number of rotatable bonds is 7. The van der Waals surface area contributed by atoms with Crippen molar-refractivity contribution >= 4 is 17.6 Å². The molecule has 10 heteroatoms. The molecule has 2 aromatic heterocycles. The number of pyridine rings is 1. The van der Waals surface area contributed by atoms with Gasteiger partial charge in [0.1, 0.15) is 22.8 Å². The maximum Gasteiger partial charge on any atom is 0.341 e. The Balaban J connectivity index is 1.87. The summed E-state index contributed by atoms with van der Waals surface area (Å²) < 4.78 is 23.9. The number of benzene rings is 1. The Kier molecular flexibility index (Phi) is 5.94. The van der Waals surface area contributed by atoms with Crippen LogP contribution in [0, 0.1) is 13.8 Å². The Morgan fingerprint density at radius 2 is 2.06 bits per heavy atom. The summed E-state index contributed by atoms with van der Waals surface area (Å²) in [4.78, 5) is 24.1. The molecule has 0 radical (unpaired) electrons. The minimum Gasteiger partial charge on any atom is -0.492 e. The SMILES string of the molecule is COCCCOc1cc2c(cc1Cl)-c1cc(=O)c(C(=O)O)cn1C(c1c(C)noc1C)O2. The summed E-state index contributed by atoms with van der Waals surface area (Å²) in [7, 11) is 1.61. The van der Waals surface area contributed by atoms with E-state index in [4.69, 9.17) is 30.3 Å². The second-order valence-corrected chi connectivity index (χ2v) is 7.74. The van der Waals surface area contributed by atoms with Crippen LogP contribution in [0.2, 0.25) is 5.02 Å². The van der Waals surface area contributed by atoms with Gasteiger partial charge < -0.3 is 28.4 Å². The van der Waals surface area contributed by atoms with Gasteiger partial charge in [-0.25, -0.2) is 4.79 Å². The van der Waals surface area contributed by atoms with E-state index in [0.29, 0.717) is 64.4 Å². The molecule has 0 spiro atoms. The van der Waals surface area contributed by atoms with Crippen molar-refractivity contribution in [3.63, 3.8) is 0 Å². The molecule has 168 valence electrons. The highest BCUT2D eigenvalue weighted by molar-refractivity contribution is 6.32. The van der Waals surface area contributed by atoms with Gasteiger partial charge in [0.25, 0.3) is 0 Å². The number of methoxy groups -OCH3 is 1. The van der Waals surface area contributed by atoms with E-state index < -0.39 is 17.6 Å². The van der Waals surface area contributed by atoms with Gasteiger partial charge in [-0.05, 0) is 19.9 Å². The van der Waals surface area contributed by atoms with Crippen LogP contribution in [-0.2, 0) is 4.74 Å². The molecule has 1 atom stereocenters. The lowest BCUT2D eigenvalue weighted by atomic mass is 10.0. The highest BCUT2D eigenvalue weighted by Crippen LogP contribution is 2.45. The van der Waals surface area contributed by atoms with Gasteiger partial charge in [0.05, 0.1) is 28.6 Å². The smallest absolute Gasteiger partial charge is 0.341 e. The van der Waals surface area contributed by atoms with Crippen LogP contribution < -0.4 is 14.9 Å². The largest absolute Gasteiger partial charge is 0.492 e. The molecule has 9 nitrogen and oxygen atoms in total. The first-order chi connectivity index (χ1) is 15.3. The lowest BCUT2D eigenvalue weighted by molar-refractivity contribution is 0.0693. The van der Waals surface area contributed by atoms with Gasteiger partial charge in [0.15, 0.2) is 5.43 Å². The van der Waals surface area contributed by atoms with Gasteiger partial charge in [-0.15, -0.1) is 0 Å². The Morgan fingerprint density at radius 3 is 2.72 bits per heavy atom. The van der Waals surface area contributed by atoms with E-state index in [2.05, 4.69) is 5.16 Å². The summed E-state index contributed by atoms with van der Waals surface area (Å²) in [6.07, 6.45) is 1.15. The second-order valence-electron chi connectivity index (χ2n) is 7.33. The second kappa shape index (κ2) is 8.68. The Morgan fingerprint density at radius 1 is 1.28 bits per heavy atom. The van der Waals surface area contributed by atoms with Crippen molar-refractivity contribution < 1.29 is 28.6 Å². The van der Waals surface area contributed by atoms with Crippen LogP contribution in [0.3, 0.4) is 0 Å². The maximum absolute atomic E-state index is 12.5. The van der Waals surface area contributed by atoms with Crippen molar-refractivity contribution in [1.29, 1.82) is 0 Å². The van der Waals surface area contributed by atoms with Gasteiger partial charge in [0, 0.05) is 44.0 Å². The van der Waals surface area contributed by atoms with E-state index in [-0.39, 0.29) is 5.56 Å². The zero-order valence-corrected chi connectivity index (χ0v) is 18.4. The maximum atomic E-state index is 12.5. The number of aromatic carboxylic acids is 1. The zero-order valence-electron chi connectivity index (χ0n) is 17.7. The Bertz CT molecular complexity index is 1230. The van der Waals surface area contributed by atoms with Gasteiger partial charge in [-0.3, -0.25) is 4.79 Å². The normalized spacial score (nSPS) is 14.4. The first kappa shape index (κ1) is 21.9. The van der Waals surface area contributed by atoms with Crippen molar-refractivity contribution in [2.75, 3.05) is 20.3 Å². The third-order valence-corrected chi connectivity index (χ3v) is 5.49. The standard InChI is InChI=1S/C22H21ClN2O7/c1-11-20(12(2)32-24-11)21-25-10-14(22(27)28)17(26)8-16(25)13-7-15(23)19(9-18(13)31-21)30-6-4-5-29-3/h7-10,21H,4-6H2,1-3H3,(H,27,28). The molecule has 1 aliphatic rings. The fraction of sp³-hybridized carbons (Fsp3) is 0.318. The molecule has 1 aromatic carbocycles. The molecule has 0 fully saturated rings. The minimum absolute atomic E-state index is 0.335. The zero-order chi connectivity index (χ0) is 23.0. The number of hydrogen-bond acceptors (Lipinski definition) is 7. The van der Waals surface area contributed by atoms with Crippen molar-refractivity contribution in [2.45, 2.75) is 26.5 Å². The molecular formula is C22H21ClN2O7. The minimum atomic E-state index is -1.33. The molecule has 4 rings (SSSR count). The van der Waals surface area contributed by atoms with Crippen LogP contribution in [-0.4, -0.2) is 41.1 Å². The predicted molar refractivity (Wildman–Crippen MR) is 115 cm³/mol. The topological polar surface area (TPSA) is 113 Å². The summed E-state index contributed by atoms with van der Waals surface area (Å²) in [5.74, 6) is 0.0505.